The maximum absolute atomic E-state index is 12.4. The Morgan fingerprint density at radius 1 is 1.25 bits per heavy atom. The zero-order chi connectivity index (χ0) is 13.9. The summed E-state index contributed by atoms with van der Waals surface area (Å²) in [4.78, 5) is 12.4. The van der Waals surface area contributed by atoms with Crippen LogP contribution < -0.4 is 15.2 Å². The minimum Gasteiger partial charge on any atom is -0.454 e. The van der Waals surface area contributed by atoms with Crippen LogP contribution in [-0.2, 0) is 6.54 Å². The van der Waals surface area contributed by atoms with E-state index in [0.717, 1.165) is 16.5 Å². The molecule has 1 aliphatic rings. The van der Waals surface area contributed by atoms with Gasteiger partial charge in [-0.1, -0.05) is 0 Å². The van der Waals surface area contributed by atoms with Gasteiger partial charge in [-0.2, -0.15) is 0 Å². The van der Waals surface area contributed by atoms with Crippen molar-refractivity contribution in [2.75, 3.05) is 6.79 Å². The Hall–Kier alpha value is -2.50. The molecule has 0 radical (unpaired) electrons. The molecule has 1 aliphatic heterocycles. The summed E-state index contributed by atoms with van der Waals surface area (Å²) in [5, 5.41) is 5.31. The fourth-order valence-corrected chi connectivity index (χ4v) is 2.64. The summed E-state index contributed by atoms with van der Waals surface area (Å²) < 4.78 is 13.9. The van der Waals surface area contributed by atoms with E-state index >= 15 is 0 Å². The molecule has 0 spiro atoms. The quantitative estimate of drug-likeness (QED) is 0.676. The molecule has 2 aromatic heterocycles. The molecule has 0 saturated carbocycles. The number of rotatable bonds is 1. The highest BCUT2D eigenvalue weighted by molar-refractivity contribution is 5.86. The van der Waals surface area contributed by atoms with Gasteiger partial charge in [0, 0.05) is 18.0 Å². The van der Waals surface area contributed by atoms with E-state index in [1.165, 1.54) is 4.68 Å². The molecule has 3 heterocycles. The molecule has 0 N–H and O–H groups in total. The molecule has 102 valence electrons. The van der Waals surface area contributed by atoms with Crippen LogP contribution in [0.5, 0.6) is 11.5 Å². The van der Waals surface area contributed by atoms with E-state index in [0.29, 0.717) is 23.7 Å². The van der Waals surface area contributed by atoms with Gasteiger partial charge in [0.1, 0.15) is 0 Å². The molecule has 6 nitrogen and oxygen atoms in total. The molecule has 1 aromatic carbocycles. The van der Waals surface area contributed by atoms with Gasteiger partial charge in [-0.05, 0) is 31.5 Å². The second-order valence-corrected chi connectivity index (χ2v) is 4.85. The lowest BCUT2D eigenvalue weighted by atomic mass is 10.1. The summed E-state index contributed by atoms with van der Waals surface area (Å²) >= 11 is 0. The number of pyridine rings is 1. The Kier molecular flexibility index (Phi) is 2.13. The second-order valence-electron chi connectivity index (χ2n) is 4.85. The summed E-state index contributed by atoms with van der Waals surface area (Å²) in [6.45, 7) is 4.62. The van der Waals surface area contributed by atoms with Crippen LogP contribution >= 0.6 is 0 Å². The van der Waals surface area contributed by atoms with Crippen molar-refractivity contribution in [2.45, 2.75) is 20.4 Å². The number of hydrogen-bond donors (Lipinski definition) is 0. The molecule has 0 bridgehead atoms. The van der Waals surface area contributed by atoms with E-state index in [9.17, 15) is 4.79 Å². The van der Waals surface area contributed by atoms with Gasteiger partial charge in [-0.25, -0.2) is 13.9 Å². The van der Waals surface area contributed by atoms with Gasteiger partial charge in [0.25, 0.3) is 0 Å². The first-order valence-electron chi connectivity index (χ1n) is 6.51. The molecule has 4 rings (SSSR count). The third kappa shape index (κ3) is 1.33. The lowest BCUT2D eigenvalue weighted by Crippen LogP contribution is -2.20. The number of benzene rings is 1. The standard InChI is InChI=1S/C14H13N3O3/c1-3-16-14(18)17-10-6-12-11(19-7-20-12)5-9(10)4-8(2)13(17)15-16/h4-6H,3,7H2,1-2H3. The minimum atomic E-state index is -0.130. The third-order valence-corrected chi connectivity index (χ3v) is 3.63. The van der Waals surface area contributed by atoms with Crippen LogP contribution in [0, 0.1) is 6.92 Å². The molecular formula is C14H13N3O3. The van der Waals surface area contributed by atoms with Gasteiger partial charge >= 0.3 is 5.69 Å². The van der Waals surface area contributed by atoms with Crippen molar-refractivity contribution >= 4 is 16.6 Å². The summed E-state index contributed by atoms with van der Waals surface area (Å²) in [7, 11) is 0. The van der Waals surface area contributed by atoms with Crippen molar-refractivity contribution in [3.63, 3.8) is 0 Å². The van der Waals surface area contributed by atoms with Crippen LogP contribution in [0.25, 0.3) is 16.6 Å². The van der Waals surface area contributed by atoms with Crippen LogP contribution in [0.4, 0.5) is 0 Å². The smallest absolute Gasteiger partial charge is 0.350 e. The van der Waals surface area contributed by atoms with Crippen LogP contribution in [0.1, 0.15) is 12.5 Å². The summed E-state index contributed by atoms with van der Waals surface area (Å²) in [6.07, 6.45) is 0. The highest BCUT2D eigenvalue weighted by Crippen LogP contribution is 2.36. The number of aromatic nitrogens is 3. The maximum atomic E-state index is 12.4. The van der Waals surface area contributed by atoms with E-state index in [1.807, 2.05) is 32.0 Å². The van der Waals surface area contributed by atoms with Gasteiger partial charge in [-0.15, -0.1) is 5.10 Å². The van der Waals surface area contributed by atoms with Crippen LogP contribution in [0.15, 0.2) is 23.0 Å². The molecule has 0 saturated heterocycles. The first-order valence-corrected chi connectivity index (χ1v) is 6.51. The fraction of sp³-hybridized carbons (Fsp3) is 0.286. The zero-order valence-electron chi connectivity index (χ0n) is 11.2. The topological polar surface area (TPSA) is 57.8 Å². The summed E-state index contributed by atoms with van der Waals surface area (Å²) in [5.41, 5.74) is 2.30. The van der Waals surface area contributed by atoms with Gasteiger partial charge < -0.3 is 9.47 Å². The molecule has 6 heteroatoms. The third-order valence-electron chi connectivity index (χ3n) is 3.63. The van der Waals surface area contributed by atoms with Gasteiger partial charge in [0.15, 0.2) is 17.1 Å². The molecule has 0 fully saturated rings. The number of ether oxygens (including phenoxy) is 2. The predicted octanol–water partition coefficient (Wildman–Crippen LogP) is 1.71. The van der Waals surface area contributed by atoms with Gasteiger partial charge in [0.05, 0.1) is 5.52 Å². The normalized spacial score (nSPS) is 13.5. The molecule has 0 amide bonds. The first kappa shape index (κ1) is 11.3. The van der Waals surface area contributed by atoms with Crippen LogP contribution in [0.2, 0.25) is 0 Å². The Labute approximate surface area is 114 Å². The minimum absolute atomic E-state index is 0.130. The number of aryl methyl sites for hydroxylation is 2. The fourth-order valence-electron chi connectivity index (χ4n) is 2.64. The molecule has 0 unspecified atom stereocenters. The molecule has 0 atom stereocenters. The van der Waals surface area contributed by atoms with Crippen molar-refractivity contribution < 1.29 is 9.47 Å². The maximum Gasteiger partial charge on any atom is 0.350 e. The number of hydrogen-bond acceptors (Lipinski definition) is 4. The van der Waals surface area contributed by atoms with Crippen LogP contribution in [0.3, 0.4) is 0 Å². The van der Waals surface area contributed by atoms with E-state index < -0.39 is 0 Å². The lowest BCUT2D eigenvalue weighted by molar-refractivity contribution is 0.174. The molecule has 20 heavy (non-hydrogen) atoms. The molecule has 0 aliphatic carbocycles. The monoisotopic (exact) mass is 271 g/mol. The molecular weight excluding hydrogens is 258 g/mol. The Morgan fingerprint density at radius 3 is 2.75 bits per heavy atom. The van der Waals surface area contributed by atoms with Crippen LogP contribution in [-0.4, -0.2) is 21.0 Å². The zero-order valence-corrected chi connectivity index (χ0v) is 11.2. The van der Waals surface area contributed by atoms with E-state index in [4.69, 9.17) is 9.47 Å². The summed E-state index contributed by atoms with van der Waals surface area (Å²) in [6, 6.07) is 5.76. The summed E-state index contributed by atoms with van der Waals surface area (Å²) in [5.74, 6) is 1.38. The van der Waals surface area contributed by atoms with Gasteiger partial charge in [-0.3, -0.25) is 0 Å². The predicted molar refractivity (Wildman–Crippen MR) is 73.5 cm³/mol. The number of fused-ring (bicyclic) bond motifs is 4. The number of nitrogens with zero attached hydrogens (tertiary/aromatic N) is 3. The molecule has 3 aromatic rings. The Bertz CT molecular complexity index is 908. The SMILES string of the molecule is CCn1nc2c(C)cc3cc4c(cc3n2c1=O)OCO4. The lowest BCUT2D eigenvalue weighted by Gasteiger charge is -2.05. The first-order chi connectivity index (χ1) is 9.69. The van der Waals surface area contributed by atoms with Crippen molar-refractivity contribution in [1.82, 2.24) is 14.2 Å². The van der Waals surface area contributed by atoms with Crippen molar-refractivity contribution in [1.29, 1.82) is 0 Å². The van der Waals surface area contributed by atoms with Crippen molar-refractivity contribution in [3.05, 3.63) is 34.2 Å². The second kappa shape index (κ2) is 3.75. The Balaban J connectivity index is 2.22. The van der Waals surface area contributed by atoms with E-state index in [-0.39, 0.29) is 12.5 Å². The van der Waals surface area contributed by atoms with Crippen molar-refractivity contribution in [3.8, 4) is 11.5 Å². The largest absolute Gasteiger partial charge is 0.454 e. The van der Waals surface area contributed by atoms with Crippen molar-refractivity contribution in [2.24, 2.45) is 0 Å². The van der Waals surface area contributed by atoms with E-state index in [2.05, 4.69) is 5.10 Å². The van der Waals surface area contributed by atoms with Gasteiger partial charge in [0.2, 0.25) is 6.79 Å². The van der Waals surface area contributed by atoms with E-state index in [1.54, 1.807) is 4.40 Å². The highest BCUT2D eigenvalue weighted by atomic mass is 16.7. The Morgan fingerprint density at radius 2 is 2.00 bits per heavy atom. The average molecular weight is 271 g/mol. The highest BCUT2D eigenvalue weighted by Gasteiger charge is 2.18. The average Bonchev–Trinajstić information content (AvgIpc) is 3.01.